The molecule has 0 saturated heterocycles. The molecule has 0 radical (unpaired) electrons. The number of hydrogen-bond acceptors (Lipinski definition) is 4. The Hall–Kier alpha value is -0.860. The summed E-state index contributed by atoms with van der Waals surface area (Å²) in [5.41, 5.74) is -0.362. The van der Waals surface area contributed by atoms with Crippen LogP contribution in [0.4, 0.5) is 11.4 Å². The Morgan fingerprint density at radius 3 is 1.25 bits per heavy atom. The van der Waals surface area contributed by atoms with Crippen molar-refractivity contribution in [2.75, 3.05) is 0 Å². The van der Waals surface area contributed by atoms with Gasteiger partial charge in [0.1, 0.15) is 11.4 Å². The van der Waals surface area contributed by atoms with E-state index in [1.165, 1.54) is 12.2 Å². The van der Waals surface area contributed by atoms with Crippen molar-refractivity contribution in [3.8, 4) is 0 Å². The summed E-state index contributed by atoms with van der Waals surface area (Å²) in [6.07, 6.45) is 2.48. The number of aliphatic imine (C=N–C) groups is 2. The summed E-state index contributed by atoms with van der Waals surface area (Å²) in [5.74, 6) is 0. The van der Waals surface area contributed by atoms with Crippen molar-refractivity contribution in [2.24, 2.45) is 9.98 Å². The molecule has 0 aliphatic carbocycles. The third kappa shape index (κ3) is 2.28. The van der Waals surface area contributed by atoms with Gasteiger partial charge in [0.2, 0.25) is 12.2 Å². The summed E-state index contributed by atoms with van der Waals surface area (Å²) in [7, 11) is 0. The minimum Gasteiger partial charge on any atom is -0.211 e. The van der Waals surface area contributed by atoms with Crippen LogP contribution in [0.3, 0.4) is 0 Å². The van der Waals surface area contributed by atoms with Gasteiger partial charge >= 0.3 is 0 Å². The van der Waals surface area contributed by atoms with Crippen LogP contribution in [0.5, 0.6) is 0 Å². The SMILES string of the molecule is O=C=Nc1c(Cl)c(Cl)c(Cl)c(Cl)c1N=C=O. The van der Waals surface area contributed by atoms with Gasteiger partial charge in [-0.3, -0.25) is 0 Å². The van der Waals surface area contributed by atoms with E-state index in [9.17, 15) is 9.59 Å². The molecule has 1 aromatic rings. The van der Waals surface area contributed by atoms with E-state index in [2.05, 4.69) is 9.98 Å². The van der Waals surface area contributed by atoms with Crippen LogP contribution in [0.1, 0.15) is 0 Å². The molecule has 0 unspecified atom stereocenters. The summed E-state index contributed by atoms with van der Waals surface area (Å²) in [6, 6.07) is 0. The second-order valence-corrected chi connectivity index (χ2v) is 3.87. The summed E-state index contributed by atoms with van der Waals surface area (Å²) < 4.78 is 0. The molecule has 0 amide bonds. The molecule has 0 aliphatic heterocycles. The number of isocyanates is 2. The molecular formula is C8Cl4N2O2. The van der Waals surface area contributed by atoms with Crippen molar-refractivity contribution in [3.63, 3.8) is 0 Å². The molecule has 1 rings (SSSR count). The quantitative estimate of drug-likeness (QED) is 0.355. The third-order valence-corrected chi connectivity index (χ3v) is 3.32. The Morgan fingerprint density at radius 1 is 0.688 bits per heavy atom. The maximum absolute atomic E-state index is 10.2. The Morgan fingerprint density at radius 2 is 1.00 bits per heavy atom. The molecule has 16 heavy (non-hydrogen) atoms. The summed E-state index contributed by atoms with van der Waals surface area (Å²) >= 11 is 22.9. The Labute approximate surface area is 109 Å². The van der Waals surface area contributed by atoms with E-state index in [4.69, 9.17) is 46.4 Å². The van der Waals surface area contributed by atoms with Gasteiger partial charge in [-0.15, -0.1) is 0 Å². The fourth-order valence-electron chi connectivity index (χ4n) is 0.904. The molecule has 0 spiro atoms. The van der Waals surface area contributed by atoms with Gasteiger partial charge in [-0.25, -0.2) is 9.59 Å². The second-order valence-electron chi connectivity index (χ2n) is 2.36. The minimum absolute atomic E-state index is 0.0906. The van der Waals surface area contributed by atoms with Crippen LogP contribution in [0.2, 0.25) is 20.1 Å². The van der Waals surface area contributed by atoms with E-state index >= 15 is 0 Å². The zero-order valence-electron chi connectivity index (χ0n) is 7.22. The maximum atomic E-state index is 10.2. The van der Waals surface area contributed by atoms with Gasteiger partial charge in [-0.05, 0) is 0 Å². The average molecular weight is 298 g/mol. The molecule has 8 heteroatoms. The fraction of sp³-hybridized carbons (Fsp3) is 0. The van der Waals surface area contributed by atoms with Crippen LogP contribution in [0, 0.1) is 0 Å². The zero-order valence-corrected chi connectivity index (χ0v) is 10.2. The summed E-state index contributed by atoms with van der Waals surface area (Å²) in [5, 5.41) is -0.471. The average Bonchev–Trinajstić information content (AvgIpc) is 2.28. The van der Waals surface area contributed by atoms with Gasteiger partial charge in [0.05, 0.1) is 20.1 Å². The van der Waals surface area contributed by atoms with E-state index in [1.54, 1.807) is 0 Å². The number of carbonyl (C=O) groups excluding carboxylic acids is 2. The molecule has 0 saturated carbocycles. The summed E-state index contributed by atoms with van der Waals surface area (Å²) in [6.45, 7) is 0. The van der Waals surface area contributed by atoms with Gasteiger partial charge in [-0.1, -0.05) is 46.4 Å². The number of rotatable bonds is 2. The number of hydrogen-bond donors (Lipinski definition) is 0. The highest BCUT2D eigenvalue weighted by Gasteiger charge is 2.20. The van der Waals surface area contributed by atoms with Crippen LogP contribution in [-0.4, -0.2) is 12.2 Å². The van der Waals surface area contributed by atoms with Gasteiger partial charge in [0, 0.05) is 0 Å². The van der Waals surface area contributed by atoms with E-state index < -0.39 is 0 Å². The highest BCUT2D eigenvalue weighted by molar-refractivity contribution is 6.54. The minimum atomic E-state index is -0.181. The lowest BCUT2D eigenvalue weighted by atomic mass is 10.2. The molecule has 82 valence electrons. The van der Waals surface area contributed by atoms with Crippen molar-refractivity contribution in [1.82, 2.24) is 0 Å². The lowest BCUT2D eigenvalue weighted by Gasteiger charge is -2.07. The van der Waals surface area contributed by atoms with Crippen molar-refractivity contribution in [3.05, 3.63) is 20.1 Å². The first-order valence-electron chi connectivity index (χ1n) is 3.56. The predicted molar refractivity (Wildman–Crippen MR) is 62.0 cm³/mol. The van der Waals surface area contributed by atoms with Crippen molar-refractivity contribution >= 4 is 69.9 Å². The lowest BCUT2D eigenvalue weighted by Crippen LogP contribution is -1.79. The molecule has 0 heterocycles. The predicted octanol–water partition coefficient (Wildman–Crippen LogP) is 4.23. The van der Waals surface area contributed by atoms with Gasteiger partial charge in [0.25, 0.3) is 0 Å². The monoisotopic (exact) mass is 296 g/mol. The van der Waals surface area contributed by atoms with E-state index in [1.807, 2.05) is 0 Å². The van der Waals surface area contributed by atoms with E-state index in [-0.39, 0.29) is 31.5 Å². The lowest BCUT2D eigenvalue weighted by molar-refractivity contribution is 0.564. The highest BCUT2D eigenvalue weighted by atomic mass is 35.5. The first-order chi connectivity index (χ1) is 7.54. The van der Waals surface area contributed by atoms with Gasteiger partial charge < -0.3 is 0 Å². The molecule has 0 bridgehead atoms. The normalized spacial score (nSPS) is 9.25. The molecular weight excluding hydrogens is 298 g/mol. The molecule has 0 aromatic heterocycles. The molecule has 4 nitrogen and oxygen atoms in total. The molecule has 0 fully saturated rings. The Bertz CT molecular complexity index is 497. The van der Waals surface area contributed by atoms with Crippen LogP contribution in [0.15, 0.2) is 9.98 Å². The van der Waals surface area contributed by atoms with Crippen molar-refractivity contribution in [2.45, 2.75) is 0 Å². The largest absolute Gasteiger partial charge is 0.240 e. The van der Waals surface area contributed by atoms with E-state index in [0.29, 0.717) is 0 Å². The number of nitrogens with zero attached hydrogens (tertiary/aromatic N) is 2. The topological polar surface area (TPSA) is 58.9 Å². The zero-order chi connectivity index (χ0) is 12.3. The Kier molecular flexibility index (Phi) is 4.51. The van der Waals surface area contributed by atoms with Crippen LogP contribution in [0.25, 0.3) is 0 Å². The molecule has 0 aliphatic rings. The number of benzene rings is 1. The van der Waals surface area contributed by atoms with Crippen molar-refractivity contribution < 1.29 is 9.59 Å². The van der Waals surface area contributed by atoms with Crippen LogP contribution in [-0.2, 0) is 9.59 Å². The number of halogens is 4. The second kappa shape index (κ2) is 5.46. The van der Waals surface area contributed by atoms with Crippen LogP contribution < -0.4 is 0 Å². The third-order valence-electron chi connectivity index (χ3n) is 1.53. The Balaban J connectivity index is 3.81. The molecule has 1 aromatic carbocycles. The fourth-order valence-corrected chi connectivity index (χ4v) is 1.82. The molecule has 0 N–H and O–H groups in total. The summed E-state index contributed by atoms with van der Waals surface area (Å²) in [4.78, 5) is 26.9. The smallest absolute Gasteiger partial charge is 0.211 e. The standard InChI is InChI=1S/C8Cl4N2O2/c9-3-4(10)6(12)8(14-2-16)7(5(3)11)13-1-15. The maximum Gasteiger partial charge on any atom is 0.240 e. The highest BCUT2D eigenvalue weighted by Crippen LogP contribution is 2.49. The molecule has 0 atom stereocenters. The van der Waals surface area contributed by atoms with Gasteiger partial charge in [-0.2, -0.15) is 9.98 Å². The first kappa shape index (κ1) is 13.2. The van der Waals surface area contributed by atoms with Crippen molar-refractivity contribution in [1.29, 1.82) is 0 Å². The van der Waals surface area contributed by atoms with Gasteiger partial charge in [0.15, 0.2) is 0 Å². The van der Waals surface area contributed by atoms with Crippen LogP contribution >= 0.6 is 46.4 Å². The first-order valence-corrected chi connectivity index (χ1v) is 5.07. The van der Waals surface area contributed by atoms with E-state index in [0.717, 1.165) is 0 Å².